The molecule has 3 aromatic heterocycles. The van der Waals surface area contributed by atoms with Crippen molar-refractivity contribution < 1.29 is 8.78 Å². The fourth-order valence-corrected chi connectivity index (χ4v) is 7.75. The number of rotatable bonds is 5. The Morgan fingerprint density at radius 1 is 0.314 bits per heavy atom. The Bertz CT molecular complexity index is 2770. The monoisotopic (exact) mass is 661 g/mol. The van der Waals surface area contributed by atoms with Crippen LogP contribution in [0.25, 0.3) is 83.2 Å². The largest absolute Gasteiger partial charge is 0.309 e. The van der Waals surface area contributed by atoms with Gasteiger partial charge in [-0.25, -0.2) is 8.78 Å². The second-order valence-corrected chi connectivity index (χ2v) is 12.9. The van der Waals surface area contributed by atoms with E-state index in [2.05, 4.69) is 117 Å². The molecule has 0 fully saturated rings. The summed E-state index contributed by atoms with van der Waals surface area (Å²) >= 11 is 0. The lowest BCUT2D eigenvalue weighted by atomic mass is 10.1. The molecular weight excluding hydrogens is 633 g/mol. The molecule has 5 heteroatoms. The molecule has 3 heterocycles. The summed E-state index contributed by atoms with van der Waals surface area (Å²) in [6.45, 7) is 0. The van der Waals surface area contributed by atoms with Crippen molar-refractivity contribution >= 4 is 43.6 Å². The number of hydrogen-bond donors (Lipinski definition) is 0. The zero-order valence-corrected chi connectivity index (χ0v) is 27.3. The number of nitrogens with zero attached hydrogens (tertiary/aromatic N) is 3. The lowest BCUT2D eigenvalue weighted by Crippen LogP contribution is -2.05. The van der Waals surface area contributed by atoms with Crippen molar-refractivity contribution in [2.45, 2.75) is 0 Å². The highest BCUT2D eigenvalue weighted by Crippen LogP contribution is 2.39. The second-order valence-electron chi connectivity index (χ2n) is 12.9. The molecule has 0 N–H and O–H groups in total. The van der Waals surface area contributed by atoms with E-state index >= 15 is 0 Å². The molecule has 0 amide bonds. The molecule has 10 aromatic rings. The topological polar surface area (TPSA) is 14.8 Å². The maximum atomic E-state index is 14.8. The van der Waals surface area contributed by atoms with Gasteiger partial charge >= 0.3 is 0 Å². The van der Waals surface area contributed by atoms with Crippen LogP contribution in [0.2, 0.25) is 0 Å². The molecule has 0 aliphatic rings. The summed E-state index contributed by atoms with van der Waals surface area (Å²) in [6.07, 6.45) is 0. The van der Waals surface area contributed by atoms with Crippen molar-refractivity contribution in [3.63, 3.8) is 0 Å². The van der Waals surface area contributed by atoms with E-state index in [1.165, 1.54) is 22.9 Å². The van der Waals surface area contributed by atoms with Gasteiger partial charge < -0.3 is 13.7 Å². The summed E-state index contributed by atoms with van der Waals surface area (Å²) in [6, 6.07) is 57.9. The molecule has 51 heavy (non-hydrogen) atoms. The van der Waals surface area contributed by atoms with Crippen LogP contribution in [0.5, 0.6) is 0 Å². The van der Waals surface area contributed by atoms with Crippen LogP contribution in [0, 0.1) is 11.6 Å². The van der Waals surface area contributed by atoms with Gasteiger partial charge in [-0.15, -0.1) is 0 Å². The van der Waals surface area contributed by atoms with Crippen molar-refractivity contribution in [3.8, 4) is 39.6 Å². The Kier molecular flexibility index (Phi) is 6.55. The molecule has 0 unspecified atom stereocenters. The number of hydrogen-bond acceptors (Lipinski definition) is 0. The maximum absolute atomic E-state index is 14.8. The lowest BCUT2D eigenvalue weighted by Gasteiger charge is -2.19. The average molecular weight is 662 g/mol. The third-order valence-electron chi connectivity index (χ3n) is 9.90. The Morgan fingerprint density at radius 3 is 1.16 bits per heavy atom. The summed E-state index contributed by atoms with van der Waals surface area (Å²) in [5.41, 5.74) is 10.3. The minimum atomic E-state index is -0.289. The van der Waals surface area contributed by atoms with Crippen LogP contribution in [0.3, 0.4) is 0 Å². The van der Waals surface area contributed by atoms with Crippen molar-refractivity contribution in [2.75, 3.05) is 0 Å². The van der Waals surface area contributed by atoms with Gasteiger partial charge in [-0.1, -0.05) is 97.1 Å². The summed E-state index contributed by atoms with van der Waals surface area (Å²) in [5, 5.41) is 4.43. The van der Waals surface area contributed by atoms with E-state index in [4.69, 9.17) is 0 Å². The zero-order chi connectivity index (χ0) is 34.1. The zero-order valence-electron chi connectivity index (χ0n) is 27.3. The van der Waals surface area contributed by atoms with Gasteiger partial charge in [0, 0.05) is 32.7 Å². The van der Waals surface area contributed by atoms with Crippen LogP contribution in [-0.2, 0) is 0 Å². The first kappa shape index (κ1) is 29.2. The highest BCUT2D eigenvalue weighted by Gasteiger charge is 2.20. The van der Waals surface area contributed by atoms with Crippen molar-refractivity contribution in [3.05, 3.63) is 188 Å². The van der Waals surface area contributed by atoms with Crippen LogP contribution >= 0.6 is 0 Å². The van der Waals surface area contributed by atoms with E-state index in [1.54, 1.807) is 24.3 Å². The predicted octanol–water partition coefficient (Wildman–Crippen LogP) is 12.3. The van der Waals surface area contributed by atoms with Gasteiger partial charge in [0.1, 0.15) is 11.6 Å². The SMILES string of the molecule is Fc1cccc(-c2cc3ccccc3n2-c2cc(-n3c(-c4cccc(F)c4)cc4ccccc43)cc(-n3c4ccccc4c4ccccc43)c2)c1. The van der Waals surface area contributed by atoms with Crippen molar-refractivity contribution in [1.29, 1.82) is 0 Å². The molecule has 0 spiro atoms. The Morgan fingerprint density at radius 2 is 0.706 bits per heavy atom. The van der Waals surface area contributed by atoms with E-state index in [0.717, 1.165) is 72.4 Å². The highest BCUT2D eigenvalue weighted by atomic mass is 19.1. The standard InChI is InChI=1S/C46H29F2N3/c47-34-15-9-13-30(23-34)45-25-32-11-1-5-19-41(32)49(45)36-27-37(50-42-20-6-2-12-33(42)26-46(50)31-14-10-16-35(48)24-31)29-38(28-36)51-43-21-7-3-17-39(43)40-18-4-8-22-44(40)51/h1-29H. The molecule has 10 rings (SSSR count). The Hall–Kier alpha value is -6.72. The van der Waals surface area contributed by atoms with Crippen molar-refractivity contribution in [1.82, 2.24) is 13.7 Å². The van der Waals surface area contributed by atoms with Crippen LogP contribution in [0.15, 0.2) is 176 Å². The average Bonchev–Trinajstić information content (AvgIpc) is 3.85. The van der Waals surface area contributed by atoms with Gasteiger partial charge in [-0.2, -0.15) is 0 Å². The van der Waals surface area contributed by atoms with E-state index in [9.17, 15) is 8.78 Å². The fourth-order valence-electron chi connectivity index (χ4n) is 7.75. The van der Waals surface area contributed by atoms with Gasteiger partial charge in [0.2, 0.25) is 0 Å². The smallest absolute Gasteiger partial charge is 0.123 e. The molecule has 0 atom stereocenters. The molecule has 0 aliphatic heterocycles. The Labute approximate surface area is 292 Å². The summed E-state index contributed by atoms with van der Waals surface area (Å²) in [4.78, 5) is 0. The summed E-state index contributed by atoms with van der Waals surface area (Å²) in [7, 11) is 0. The van der Waals surface area contributed by atoms with Gasteiger partial charge in [-0.3, -0.25) is 0 Å². The number of fused-ring (bicyclic) bond motifs is 5. The number of benzene rings is 7. The van der Waals surface area contributed by atoms with E-state index in [-0.39, 0.29) is 11.6 Å². The lowest BCUT2D eigenvalue weighted by molar-refractivity contribution is 0.628. The van der Waals surface area contributed by atoms with Crippen LogP contribution in [0.4, 0.5) is 8.78 Å². The first-order valence-electron chi connectivity index (χ1n) is 17.0. The molecule has 0 radical (unpaired) electrons. The van der Waals surface area contributed by atoms with Crippen LogP contribution < -0.4 is 0 Å². The molecule has 0 aliphatic carbocycles. The molecule has 0 saturated heterocycles. The number of halogens is 2. The maximum Gasteiger partial charge on any atom is 0.123 e. The fraction of sp³-hybridized carbons (Fsp3) is 0. The van der Waals surface area contributed by atoms with Crippen LogP contribution in [0.1, 0.15) is 0 Å². The molecule has 242 valence electrons. The molecule has 7 aromatic carbocycles. The first-order chi connectivity index (χ1) is 25.1. The molecular formula is C46H29F2N3. The summed E-state index contributed by atoms with van der Waals surface area (Å²) < 4.78 is 36.3. The normalized spacial score (nSPS) is 11.7. The van der Waals surface area contributed by atoms with Crippen LogP contribution in [-0.4, -0.2) is 13.7 Å². The second kappa shape index (κ2) is 11.4. The minimum absolute atomic E-state index is 0.289. The van der Waals surface area contributed by atoms with Gasteiger partial charge in [0.15, 0.2) is 0 Å². The van der Waals surface area contributed by atoms with E-state index in [1.807, 2.05) is 36.4 Å². The number of para-hydroxylation sites is 4. The quantitative estimate of drug-likeness (QED) is 0.174. The van der Waals surface area contributed by atoms with Gasteiger partial charge in [0.25, 0.3) is 0 Å². The third kappa shape index (κ3) is 4.70. The minimum Gasteiger partial charge on any atom is -0.309 e. The van der Waals surface area contributed by atoms with E-state index < -0.39 is 0 Å². The van der Waals surface area contributed by atoms with Gasteiger partial charge in [0.05, 0.1) is 50.5 Å². The first-order valence-corrected chi connectivity index (χ1v) is 17.0. The Balaban J connectivity index is 1.35. The third-order valence-corrected chi connectivity index (χ3v) is 9.90. The van der Waals surface area contributed by atoms with E-state index in [0.29, 0.717) is 0 Å². The highest BCUT2D eigenvalue weighted by molar-refractivity contribution is 6.09. The molecule has 0 bridgehead atoms. The van der Waals surface area contributed by atoms with Gasteiger partial charge in [-0.05, 0) is 78.9 Å². The summed E-state index contributed by atoms with van der Waals surface area (Å²) in [5.74, 6) is -0.579. The van der Waals surface area contributed by atoms with Crippen molar-refractivity contribution in [2.24, 2.45) is 0 Å². The number of aromatic nitrogens is 3. The molecule has 3 nitrogen and oxygen atoms in total. The molecule has 0 saturated carbocycles. The predicted molar refractivity (Wildman–Crippen MR) is 205 cm³/mol.